The molecule has 0 unspecified atom stereocenters. The second-order valence-electron chi connectivity index (χ2n) is 8.14. The fourth-order valence-electron chi connectivity index (χ4n) is 4.44. The average Bonchev–Trinajstić information content (AvgIpc) is 3.17. The molecule has 1 aromatic heterocycles. The molecule has 3 aromatic carbocycles. The summed E-state index contributed by atoms with van der Waals surface area (Å²) in [5.74, 6) is 1.18. The highest BCUT2D eigenvalue weighted by molar-refractivity contribution is 7.99. The smallest absolute Gasteiger partial charge is 0.242 e. The van der Waals surface area contributed by atoms with Crippen molar-refractivity contribution in [1.82, 2.24) is 14.8 Å². The van der Waals surface area contributed by atoms with Crippen molar-refractivity contribution < 1.29 is 4.79 Å². The van der Waals surface area contributed by atoms with Crippen LogP contribution in [0.1, 0.15) is 23.6 Å². The molecular weight excluding hydrogens is 428 g/mol. The highest BCUT2D eigenvalue weighted by Crippen LogP contribution is 2.37. The van der Waals surface area contributed by atoms with Crippen LogP contribution in [0.2, 0.25) is 0 Å². The first-order chi connectivity index (χ1) is 16.2. The van der Waals surface area contributed by atoms with E-state index in [2.05, 4.69) is 52.9 Å². The van der Waals surface area contributed by atoms with Crippen LogP contribution in [0.4, 0.5) is 11.4 Å². The Bertz CT molecular complexity index is 1270. The molecule has 0 saturated heterocycles. The lowest BCUT2D eigenvalue weighted by molar-refractivity contribution is -0.115. The number of hydrogen-bond acceptors (Lipinski definition) is 4. The lowest BCUT2D eigenvalue weighted by Gasteiger charge is -2.24. The Morgan fingerprint density at radius 3 is 2.12 bits per heavy atom. The van der Waals surface area contributed by atoms with E-state index in [1.807, 2.05) is 53.4 Å². The quantitative estimate of drug-likeness (QED) is 0.356. The van der Waals surface area contributed by atoms with Crippen LogP contribution in [-0.2, 0) is 24.2 Å². The van der Waals surface area contributed by atoms with E-state index >= 15 is 0 Å². The zero-order valence-corrected chi connectivity index (χ0v) is 19.7. The van der Waals surface area contributed by atoms with E-state index in [0.29, 0.717) is 0 Å². The van der Waals surface area contributed by atoms with Crippen molar-refractivity contribution in [3.63, 3.8) is 0 Å². The van der Waals surface area contributed by atoms with Crippen molar-refractivity contribution in [2.45, 2.75) is 38.4 Å². The van der Waals surface area contributed by atoms with Gasteiger partial charge in [0.15, 0.2) is 11.0 Å². The number of anilines is 2. The minimum absolute atomic E-state index is 0.0462. The van der Waals surface area contributed by atoms with Crippen LogP contribution >= 0.6 is 11.8 Å². The number of para-hydroxylation sites is 2. The monoisotopic (exact) mass is 454 g/mol. The molecule has 0 spiro atoms. The van der Waals surface area contributed by atoms with Crippen molar-refractivity contribution in [1.29, 1.82) is 0 Å². The first kappa shape index (κ1) is 21.5. The highest BCUT2D eigenvalue weighted by Gasteiger charge is 2.26. The molecule has 0 aliphatic carbocycles. The van der Waals surface area contributed by atoms with E-state index in [4.69, 9.17) is 0 Å². The van der Waals surface area contributed by atoms with Gasteiger partial charge < -0.3 is 4.57 Å². The number of carbonyl (C=O) groups is 1. The van der Waals surface area contributed by atoms with E-state index in [1.54, 1.807) is 0 Å². The fraction of sp³-hybridized carbons (Fsp3) is 0.222. The summed E-state index contributed by atoms with van der Waals surface area (Å²) in [6, 6.07) is 24.6. The topological polar surface area (TPSA) is 51.0 Å². The van der Waals surface area contributed by atoms with E-state index in [9.17, 15) is 4.79 Å². The maximum Gasteiger partial charge on any atom is 0.242 e. The zero-order chi connectivity index (χ0) is 22.8. The van der Waals surface area contributed by atoms with Gasteiger partial charge in [-0.25, -0.2) is 0 Å². The van der Waals surface area contributed by atoms with Gasteiger partial charge in [-0.15, -0.1) is 10.2 Å². The summed E-state index contributed by atoms with van der Waals surface area (Å²) in [7, 11) is 0. The van der Waals surface area contributed by atoms with Crippen molar-refractivity contribution in [2.75, 3.05) is 10.7 Å². The van der Waals surface area contributed by atoms with Crippen molar-refractivity contribution >= 4 is 29.0 Å². The minimum Gasteiger partial charge on any atom is -0.302 e. The van der Waals surface area contributed by atoms with Gasteiger partial charge in [-0.05, 0) is 55.5 Å². The maximum absolute atomic E-state index is 13.6. The Balaban J connectivity index is 1.44. The molecule has 1 amide bonds. The second-order valence-corrected chi connectivity index (χ2v) is 9.08. The van der Waals surface area contributed by atoms with Gasteiger partial charge in [0, 0.05) is 12.1 Å². The Hall–Kier alpha value is -3.38. The van der Waals surface area contributed by atoms with Gasteiger partial charge in [0.1, 0.15) is 0 Å². The van der Waals surface area contributed by atoms with Gasteiger partial charge in [0.25, 0.3) is 0 Å². The molecule has 0 radical (unpaired) electrons. The lowest BCUT2D eigenvalue weighted by Crippen LogP contribution is -2.28. The molecule has 4 aromatic rings. The van der Waals surface area contributed by atoms with Crippen molar-refractivity contribution in [3.05, 3.63) is 89.5 Å². The first-order valence-corrected chi connectivity index (χ1v) is 12.3. The molecule has 0 fully saturated rings. The summed E-state index contributed by atoms with van der Waals surface area (Å²) >= 11 is 1.45. The van der Waals surface area contributed by atoms with Crippen LogP contribution in [0.5, 0.6) is 0 Å². The van der Waals surface area contributed by atoms with Crippen molar-refractivity contribution in [2.24, 2.45) is 0 Å². The highest BCUT2D eigenvalue weighted by atomic mass is 32.2. The molecule has 1 aliphatic heterocycles. The Morgan fingerprint density at radius 1 is 0.879 bits per heavy atom. The third-order valence-corrected chi connectivity index (χ3v) is 7.07. The van der Waals surface area contributed by atoms with Gasteiger partial charge in [-0.3, -0.25) is 9.69 Å². The van der Waals surface area contributed by atoms with Gasteiger partial charge in [0.05, 0.1) is 17.1 Å². The third kappa shape index (κ3) is 4.07. The van der Waals surface area contributed by atoms with Gasteiger partial charge in [-0.1, -0.05) is 72.4 Å². The molecule has 0 N–H and O–H groups in total. The Labute approximate surface area is 198 Å². The van der Waals surface area contributed by atoms with Crippen LogP contribution in [0.15, 0.2) is 78.0 Å². The van der Waals surface area contributed by atoms with Crippen LogP contribution in [0.3, 0.4) is 0 Å². The molecule has 1 aliphatic rings. The van der Waals surface area contributed by atoms with Crippen LogP contribution in [0, 0.1) is 6.92 Å². The molecule has 5 rings (SSSR count). The summed E-state index contributed by atoms with van der Waals surface area (Å²) in [6.45, 7) is 4.90. The first-order valence-electron chi connectivity index (χ1n) is 11.3. The number of hydrogen-bond donors (Lipinski definition) is 0. The Kier molecular flexibility index (Phi) is 6.01. The molecule has 166 valence electrons. The predicted molar refractivity (Wildman–Crippen MR) is 134 cm³/mol. The van der Waals surface area contributed by atoms with Gasteiger partial charge >= 0.3 is 0 Å². The molecule has 0 saturated carbocycles. The molecule has 0 bridgehead atoms. The summed E-state index contributed by atoms with van der Waals surface area (Å²) in [6.07, 6.45) is 1.85. The average molecular weight is 455 g/mol. The predicted octanol–water partition coefficient (Wildman–Crippen LogP) is 5.83. The molecule has 33 heavy (non-hydrogen) atoms. The van der Waals surface area contributed by atoms with Gasteiger partial charge in [0.2, 0.25) is 5.91 Å². The zero-order valence-electron chi connectivity index (χ0n) is 18.9. The number of carbonyl (C=O) groups excluding carboxylic acids is 1. The van der Waals surface area contributed by atoms with Crippen molar-refractivity contribution in [3.8, 4) is 11.4 Å². The lowest BCUT2D eigenvalue weighted by atomic mass is 10.0. The maximum atomic E-state index is 13.6. The summed E-state index contributed by atoms with van der Waals surface area (Å²) < 4.78 is 2.09. The molecular formula is C27H26N4OS. The van der Waals surface area contributed by atoms with Crippen LogP contribution in [0.25, 0.3) is 11.4 Å². The number of rotatable bonds is 5. The number of benzene rings is 3. The van der Waals surface area contributed by atoms with E-state index in [1.165, 1.54) is 22.9 Å². The van der Waals surface area contributed by atoms with E-state index < -0.39 is 0 Å². The van der Waals surface area contributed by atoms with E-state index in [0.717, 1.165) is 52.9 Å². The molecule has 6 heteroatoms. The standard InChI is InChI=1S/C27H26N4OS/c1-3-30-26(22-13-7-4-10-19(22)2)28-29-27(30)33-18-25(32)31-23-14-8-5-11-20(23)16-17-21-12-6-9-15-24(21)31/h4-15H,3,16-18H2,1-2H3. The largest absolute Gasteiger partial charge is 0.302 e. The summed E-state index contributed by atoms with van der Waals surface area (Å²) in [4.78, 5) is 15.5. The third-order valence-electron chi connectivity index (χ3n) is 6.12. The number of fused-ring (bicyclic) bond motifs is 2. The summed E-state index contributed by atoms with van der Waals surface area (Å²) in [5, 5.41) is 9.66. The minimum atomic E-state index is 0.0462. The summed E-state index contributed by atoms with van der Waals surface area (Å²) in [5.41, 5.74) is 6.58. The number of nitrogens with zero attached hydrogens (tertiary/aromatic N) is 4. The molecule has 2 heterocycles. The molecule has 0 atom stereocenters. The SMILES string of the molecule is CCn1c(SCC(=O)N2c3ccccc3CCc3ccccc32)nnc1-c1ccccc1C. The number of aryl methyl sites for hydroxylation is 3. The number of aromatic nitrogens is 3. The van der Waals surface area contributed by atoms with Crippen LogP contribution in [-0.4, -0.2) is 26.4 Å². The van der Waals surface area contributed by atoms with Crippen LogP contribution < -0.4 is 4.90 Å². The van der Waals surface area contributed by atoms with E-state index in [-0.39, 0.29) is 11.7 Å². The fourth-order valence-corrected chi connectivity index (χ4v) is 5.29. The number of amides is 1. The number of thioether (sulfide) groups is 1. The normalized spacial score (nSPS) is 12.7. The molecule has 5 nitrogen and oxygen atoms in total. The van der Waals surface area contributed by atoms with Gasteiger partial charge in [-0.2, -0.15) is 0 Å². The Morgan fingerprint density at radius 2 is 1.48 bits per heavy atom. The second kappa shape index (κ2) is 9.24.